The van der Waals surface area contributed by atoms with E-state index in [0.29, 0.717) is 6.42 Å². The molecule has 0 saturated carbocycles. The predicted molar refractivity (Wildman–Crippen MR) is 69.6 cm³/mol. The first-order valence-corrected chi connectivity index (χ1v) is 6.20. The fraction of sp³-hybridized carbons (Fsp3) is 0.429. The molecule has 1 rings (SSSR count). The normalized spacial score (nSPS) is 10.9. The Bertz CT molecular complexity index is 548. The van der Waals surface area contributed by atoms with Gasteiger partial charge in [0.25, 0.3) is 0 Å². The fourth-order valence-electron chi connectivity index (χ4n) is 1.58. The topological polar surface area (TPSA) is 53.3 Å². The third-order valence-electron chi connectivity index (χ3n) is 2.71. The monoisotopic (exact) mass is 300 g/mol. The lowest BCUT2D eigenvalue weighted by molar-refractivity contribution is -0.139. The molecule has 4 nitrogen and oxygen atoms in total. The van der Waals surface area contributed by atoms with Gasteiger partial charge in [-0.3, -0.25) is 4.79 Å². The van der Waals surface area contributed by atoms with Crippen LogP contribution in [0, 0.1) is 11.3 Å². The molecule has 1 aromatic rings. The molecule has 0 aromatic heterocycles. The first kappa shape index (κ1) is 16.8. The van der Waals surface area contributed by atoms with Gasteiger partial charge in [-0.1, -0.05) is 0 Å². The highest BCUT2D eigenvalue weighted by Gasteiger charge is 2.34. The van der Waals surface area contributed by atoms with Crippen LogP contribution >= 0.6 is 0 Å². The molecule has 7 heteroatoms. The minimum absolute atomic E-state index is 0.00540. The van der Waals surface area contributed by atoms with E-state index >= 15 is 0 Å². The minimum atomic E-state index is -4.60. The van der Waals surface area contributed by atoms with Crippen LogP contribution in [0.2, 0.25) is 0 Å². The Morgan fingerprint density at radius 2 is 2.05 bits per heavy atom. The second kappa shape index (κ2) is 6.97. The lowest BCUT2D eigenvalue weighted by Gasteiger charge is -2.14. The Balaban J connectivity index is 2.71. The number of ether oxygens (including phenoxy) is 1. The van der Waals surface area contributed by atoms with Crippen molar-refractivity contribution in [1.82, 2.24) is 4.90 Å². The second-order valence-corrected chi connectivity index (χ2v) is 4.56. The number of hydrogen-bond acceptors (Lipinski definition) is 3. The summed E-state index contributed by atoms with van der Waals surface area (Å²) in [7, 11) is 3.21. The zero-order chi connectivity index (χ0) is 16.0. The van der Waals surface area contributed by atoms with E-state index in [4.69, 9.17) is 10.00 Å². The van der Waals surface area contributed by atoms with Crippen LogP contribution in [0.15, 0.2) is 18.2 Å². The molecule has 1 amide bonds. The van der Waals surface area contributed by atoms with Crippen molar-refractivity contribution in [2.45, 2.75) is 19.0 Å². The fourth-order valence-corrected chi connectivity index (χ4v) is 1.58. The highest BCUT2D eigenvalue weighted by atomic mass is 19.4. The van der Waals surface area contributed by atoms with Crippen molar-refractivity contribution in [3.05, 3.63) is 29.3 Å². The molecule has 1 aromatic carbocycles. The van der Waals surface area contributed by atoms with E-state index in [-0.39, 0.29) is 30.2 Å². The Labute approximate surface area is 120 Å². The first-order valence-electron chi connectivity index (χ1n) is 6.20. The summed E-state index contributed by atoms with van der Waals surface area (Å²) in [5.41, 5.74) is -1.07. The van der Waals surface area contributed by atoms with Gasteiger partial charge >= 0.3 is 6.18 Å². The lowest BCUT2D eigenvalue weighted by Crippen LogP contribution is -2.21. The number of carbonyl (C=O) groups is 1. The third kappa shape index (κ3) is 4.99. The summed E-state index contributed by atoms with van der Waals surface area (Å²) in [6.07, 6.45) is -4.08. The van der Waals surface area contributed by atoms with E-state index in [1.165, 1.54) is 11.0 Å². The van der Waals surface area contributed by atoms with Gasteiger partial charge in [0.1, 0.15) is 5.75 Å². The molecule has 0 atom stereocenters. The average Bonchev–Trinajstić information content (AvgIpc) is 2.42. The summed E-state index contributed by atoms with van der Waals surface area (Å²) in [6, 6.07) is 4.79. The van der Waals surface area contributed by atoms with Gasteiger partial charge in [0, 0.05) is 20.5 Å². The Morgan fingerprint density at radius 1 is 1.38 bits per heavy atom. The highest BCUT2D eigenvalue weighted by molar-refractivity contribution is 5.75. The quantitative estimate of drug-likeness (QED) is 0.786. The van der Waals surface area contributed by atoms with Crippen LogP contribution in [0.3, 0.4) is 0 Å². The van der Waals surface area contributed by atoms with Gasteiger partial charge in [0.2, 0.25) is 5.91 Å². The summed E-state index contributed by atoms with van der Waals surface area (Å²) in [5, 5.41) is 8.65. The summed E-state index contributed by atoms with van der Waals surface area (Å²) in [4.78, 5) is 12.7. The number of hydrogen-bond donors (Lipinski definition) is 0. The predicted octanol–water partition coefficient (Wildman–Crippen LogP) is 2.82. The van der Waals surface area contributed by atoms with Gasteiger partial charge in [0.05, 0.1) is 23.8 Å². The number of nitriles is 1. The SMILES string of the molecule is CN(C)C(=O)CCCOc1ccc(C#N)cc1C(F)(F)F. The standard InChI is InChI=1S/C14H15F3N2O2/c1-19(2)13(20)4-3-7-21-12-6-5-10(9-18)8-11(12)14(15,16)17/h5-6,8H,3-4,7H2,1-2H3. The van der Waals surface area contributed by atoms with E-state index in [0.717, 1.165) is 12.1 Å². The van der Waals surface area contributed by atoms with Crippen LogP contribution < -0.4 is 4.74 Å². The third-order valence-corrected chi connectivity index (χ3v) is 2.71. The highest BCUT2D eigenvalue weighted by Crippen LogP contribution is 2.36. The maximum absolute atomic E-state index is 12.9. The van der Waals surface area contributed by atoms with Crippen molar-refractivity contribution < 1.29 is 22.7 Å². The molecule has 0 saturated heterocycles. The van der Waals surface area contributed by atoms with Crippen LogP contribution in [0.25, 0.3) is 0 Å². The van der Waals surface area contributed by atoms with Crippen LogP contribution in [0.4, 0.5) is 13.2 Å². The van der Waals surface area contributed by atoms with Gasteiger partial charge in [-0.05, 0) is 24.6 Å². The van der Waals surface area contributed by atoms with E-state index in [2.05, 4.69) is 0 Å². The number of rotatable bonds is 5. The number of alkyl halides is 3. The van der Waals surface area contributed by atoms with Crippen molar-refractivity contribution in [3.63, 3.8) is 0 Å². The first-order chi connectivity index (χ1) is 9.75. The average molecular weight is 300 g/mol. The van der Waals surface area contributed by atoms with E-state index in [1.807, 2.05) is 0 Å². The molecule has 21 heavy (non-hydrogen) atoms. The zero-order valence-corrected chi connectivity index (χ0v) is 11.7. The van der Waals surface area contributed by atoms with Crippen molar-refractivity contribution in [2.24, 2.45) is 0 Å². The van der Waals surface area contributed by atoms with E-state index < -0.39 is 11.7 Å². The molecular weight excluding hydrogens is 285 g/mol. The molecular formula is C14H15F3N2O2. The summed E-state index contributed by atoms with van der Waals surface area (Å²) >= 11 is 0. The Kier molecular flexibility index (Phi) is 5.59. The lowest BCUT2D eigenvalue weighted by atomic mass is 10.1. The van der Waals surface area contributed by atoms with Crippen molar-refractivity contribution in [2.75, 3.05) is 20.7 Å². The molecule has 0 fully saturated rings. The number of benzene rings is 1. The van der Waals surface area contributed by atoms with Gasteiger partial charge < -0.3 is 9.64 Å². The maximum Gasteiger partial charge on any atom is 0.420 e. The van der Waals surface area contributed by atoms with Crippen LogP contribution in [-0.2, 0) is 11.0 Å². The van der Waals surface area contributed by atoms with E-state index in [9.17, 15) is 18.0 Å². The summed E-state index contributed by atoms with van der Waals surface area (Å²) in [6.45, 7) is -0.00540. The molecule has 114 valence electrons. The molecule has 0 aliphatic carbocycles. The Hall–Kier alpha value is -2.23. The van der Waals surface area contributed by atoms with Gasteiger partial charge in [-0.2, -0.15) is 18.4 Å². The number of carbonyl (C=O) groups excluding carboxylic acids is 1. The Morgan fingerprint density at radius 3 is 2.57 bits per heavy atom. The zero-order valence-electron chi connectivity index (χ0n) is 11.7. The number of amides is 1. The smallest absolute Gasteiger partial charge is 0.420 e. The molecule has 0 N–H and O–H groups in total. The summed E-state index contributed by atoms with van der Waals surface area (Å²) < 4.78 is 43.7. The maximum atomic E-state index is 12.9. The van der Waals surface area contributed by atoms with Gasteiger partial charge in [0.15, 0.2) is 0 Å². The second-order valence-electron chi connectivity index (χ2n) is 4.56. The minimum Gasteiger partial charge on any atom is -0.493 e. The molecule has 0 unspecified atom stereocenters. The van der Waals surface area contributed by atoms with Crippen molar-refractivity contribution in [1.29, 1.82) is 5.26 Å². The molecule has 0 heterocycles. The largest absolute Gasteiger partial charge is 0.493 e. The number of halogens is 3. The molecule has 0 spiro atoms. The molecule has 0 radical (unpaired) electrons. The number of nitrogens with zero attached hydrogens (tertiary/aromatic N) is 2. The van der Waals surface area contributed by atoms with Crippen LogP contribution in [0.5, 0.6) is 5.75 Å². The van der Waals surface area contributed by atoms with Gasteiger partial charge in [-0.15, -0.1) is 0 Å². The van der Waals surface area contributed by atoms with Gasteiger partial charge in [-0.25, -0.2) is 0 Å². The van der Waals surface area contributed by atoms with Crippen molar-refractivity contribution in [3.8, 4) is 11.8 Å². The van der Waals surface area contributed by atoms with Crippen LogP contribution in [0.1, 0.15) is 24.0 Å². The van der Waals surface area contributed by atoms with Crippen molar-refractivity contribution >= 4 is 5.91 Å². The molecule has 0 bridgehead atoms. The summed E-state index contributed by atoms with van der Waals surface area (Å²) in [5.74, 6) is -0.451. The van der Waals surface area contributed by atoms with Crippen LogP contribution in [-0.4, -0.2) is 31.5 Å². The molecule has 0 aliphatic rings. The van der Waals surface area contributed by atoms with E-state index in [1.54, 1.807) is 20.2 Å². The molecule has 0 aliphatic heterocycles.